The fourth-order valence-electron chi connectivity index (χ4n) is 3.50. The minimum atomic E-state index is -3.02. The highest BCUT2D eigenvalue weighted by molar-refractivity contribution is 7.91. The molecule has 1 aromatic carbocycles. The Balaban J connectivity index is 1.62. The highest BCUT2D eigenvalue weighted by Gasteiger charge is 2.32. The van der Waals surface area contributed by atoms with Crippen molar-refractivity contribution in [1.82, 2.24) is 19.7 Å². The number of rotatable bonds is 3. The van der Waals surface area contributed by atoms with Gasteiger partial charge in [0.05, 0.1) is 39.8 Å². The minimum Gasteiger partial charge on any atom is -0.324 e. The van der Waals surface area contributed by atoms with Gasteiger partial charge in [0.15, 0.2) is 9.84 Å². The van der Waals surface area contributed by atoms with E-state index in [-0.39, 0.29) is 23.5 Å². The van der Waals surface area contributed by atoms with Gasteiger partial charge in [-0.2, -0.15) is 5.10 Å². The first-order chi connectivity index (χ1) is 12.3. The number of hydrogen-bond donors (Lipinski definition) is 2. The zero-order valence-electron chi connectivity index (χ0n) is 14.5. The Labute approximate surface area is 150 Å². The zero-order valence-corrected chi connectivity index (χ0v) is 15.3. The number of anilines is 1. The van der Waals surface area contributed by atoms with Crippen molar-refractivity contribution in [2.24, 2.45) is 0 Å². The third-order valence-electron chi connectivity index (χ3n) is 4.73. The minimum absolute atomic E-state index is 0.0690. The molecule has 0 saturated carbocycles. The lowest BCUT2D eigenvalue weighted by atomic mass is 10.1. The quantitative estimate of drug-likeness (QED) is 0.729. The van der Waals surface area contributed by atoms with Crippen LogP contribution >= 0.6 is 0 Å². The number of amides is 1. The Kier molecular flexibility index (Phi) is 3.83. The summed E-state index contributed by atoms with van der Waals surface area (Å²) in [6, 6.07) is 7.29. The average molecular weight is 373 g/mol. The number of aromatic nitrogens is 4. The van der Waals surface area contributed by atoms with E-state index < -0.39 is 9.84 Å². The number of hydrogen-bond acceptors (Lipinski definition) is 5. The van der Waals surface area contributed by atoms with Crippen LogP contribution in [0.5, 0.6) is 0 Å². The molecule has 1 fully saturated rings. The first kappa shape index (κ1) is 16.8. The second-order valence-electron chi connectivity index (χ2n) is 6.60. The molecule has 136 valence electrons. The Morgan fingerprint density at radius 1 is 1.31 bits per heavy atom. The first-order valence-corrected chi connectivity index (χ1v) is 10.2. The number of carbonyl (C=O) groups is 1. The number of imidazole rings is 1. The van der Waals surface area contributed by atoms with Crippen molar-refractivity contribution in [3.05, 3.63) is 41.2 Å². The van der Waals surface area contributed by atoms with Crippen molar-refractivity contribution in [1.29, 1.82) is 0 Å². The predicted molar refractivity (Wildman–Crippen MR) is 98.1 cm³/mol. The standard InChI is InChI=1S/C17H19N5O3S/c1-10-15(11(2)22(21-10)12-7-8-26(24,25)9-12)16(23)20-17-18-13-5-3-4-6-14(13)19-17/h3-6,12H,7-9H2,1-2H3,(H2,18,19,20,23)/t12-/m0/s1. The molecule has 9 heteroatoms. The first-order valence-electron chi connectivity index (χ1n) is 8.36. The van der Waals surface area contributed by atoms with Gasteiger partial charge >= 0.3 is 0 Å². The van der Waals surface area contributed by atoms with Gasteiger partial charge in [0.2, 0.25) is 5.95 Å². The highest BCUT2D eigenvalue weighted by atomic mass is 32.2. The van der Waals surface area contributed by atoms with Crippen LogP contribution in [0.3, 0.4) is 0 Å². The van der Waals surface area contributed by atoms with Gasteiger partial charge in [0.1, 0.15) is 0 Å². The van der Waals surface area contributed by atoms with Crippen LogP contribution in [0, 0.1) is 13.8 Å². The molecule has 4 rings (SSSR count). The van der Waals surface area contributed by atoms with Gasteiger partial charge in [0, 0.05) is 5.69 Å². The lowest BCUT2D eigenvalue weighted by Gasteiger charge is -2.11. The molecule has 26 heavy (non-hydrogen) atoms. The van der Waals surface area contributed by atoms with Crippen molar-refractivity contribution in [2.75, 3.05) is 16.8 Å². The van der Waals surface area contributed by atoms with Crippen molar-refractivity contribution >= 4 is 32.7 Å². The third kappa shape index (κ3) is 2.88. The largest absolute Gasteiger partial charge is 0.324 e. The van der Waals surface area contributed by atoms with Gasteiger partial charge < -0.3 is 4.98 Å². The molecular weight excluding hydrogens is 354 g/mol. The monoisotopic (exact) mass is 373 g/mol. The lowest BCUT2D eigenvalue weighted by molar-refractivity contribution is 0.102. The van der Waals surface area contributed by atoms with Crippen LogP contribution in [0.1, 0.15) is 34.2 Å². The lowest BCUT2D eigenvalue weighted by Crippen LogP contribution is -2.17. The van der Waals surface area contributed by atoms with E-state index in [4.69, 9.17) is 0 Å². The molecule has 1 aliphatic rings. The fraction of sp³-hybridized carbons (Fsp3) is 0.353. The molecule has 8 nitrogen and oxygen atoms in total. The normalized spacial score (nSPS) is 19.1. The topological polar surface area (TPSA) is 110 Å². The summed E-state index contributed by atoms with van der Waals surface area (Å²) in [6.07, 6.45) is 0.523. The molecule has 1 amide bonds. The number of aromatic amines is 1. The summed E-state index contributed by atoms with van der Waals surface area (Å²) in [5.41, 5.74) is 3.29. The highest BCUT2D eigenvalue weighted by Crippen LogP contribution is 2.27. The van der Waals surface area contributed by atoms with Crippen LogP contribution < -0.4 is 5.32 Å². The molecule has 3 heterocycles. The molecule has 0 unspecified atom stereocenters. The van der Waals surface area contributed by atoms with E-state index in [0.717, 1.165) is 11.0 Å². The van der Waals surface area contributed by atoms with Crippen LogP contribution in [-0.4, -0.2) is 45.6 Å². The van der Waals surface area contributed by atoms with Gasteiger partial charge in [-0.25, -0.2) is 13.4 Å². The summed E-state index contributed by atoms with van der Waals surface area (Å²) in [4.78, 5) is 20.2. The predicted octanol–water partition coefficient (Wildman–Crippen LogP) is 1.99. The number of carbonyl (C=O) groups excluding carboxylic acids is 1. The molecule has 1 saturated heterocycles. The number of benzene rings is 1. The SMILES string of the molecule is Cc1nn([C@H]2CCS(=O)(=O)C2)c(C)c1C(=O)Nc1nc2ccccc2[nH]1. The number of H-pyrrole nitrogens is 1. The van der Waals surface area contributed by atoms with E-state index in [1.165, 1.54) is 0 Å². The molecule has 0 radical (unpaired) electrons. The van der Waals surface area contributed by atoms with E-state index in [0.29, 0.717) is 29.3 Å². The number of nitrogens with zero attached hydrogens (tertiary/aromatic N) is 3. The van der Waals surface area contributed by atoms with Crippen molar-refractivity contribution in [3.63, 3.8) is 0 Å². The van der Waals surface area contributed by atoms with E-state index in [1.807, 2.05) is 24.3 Å². The number of fused-ring (bicyclic) bond motifs is 1. The Bertz CT molecular complexity index is 1080. The van der Waals surface area contributed by atoms with Gasteiger partial charge in [0.25, 0.3) is 5.91 Å². The molecule has 1 atom stereocenters. The van der Waals surface area contributed by atoms with Gasteiger partial charge in [-0.1, -0.05) is 12.1 Å². The number of aryl methyl sites for hydroxylation is 1. The molecule has 2 aromatic heterocycles. The van der Waals surface area contributed by atoms with Crippen LogP contribution in [0.4, 0.5) is 5.95 Å². The molecule has 1 aliphatic heterocycles. The Morgan fingerprint density at radius 2 is 2.08 bits per heavy atom. The van der Waals surface area contributed by atoms with E-state index in [1.54, 1.807) is 18.5 Å². The summed E-state index contributed by atoms with van der Waals surface area (Å²) in [7, 11) is -3.02. The molecular formula is C17H19N5O3S. The second kappa shape index (κ2) is 5.94. The van der Waals surface area contributed by atoms with Crippen LogP contribution in [-0.2, 0) is 9.84 Å². The Morgan fingerprint density at radius 3 is 2.77 bits per heavy atom. The number of nitrogens with one attached hydrogen (secondary N) is 2. The third-order valence-corrected chi connectivity index (χ3v) is 6.48. The maximum absolute atomic E-state index is 12.7. The molecule has 0 spiro atoms. The van der Waals surface area contributed by atoms with Crippen LogP contribution in [0.15, 0.2) is 24.3 Å². The smallest absolute Gasteiger partial charge is 0.261 e. The summed E-state index contributed by atoms with van der Waals surface area (Å²) in [5.74, 6) is 0.285. The summed E-state index contributed by atoms with van der Waals surface area (Å²) in [6.45, 7) is 3.54. The fourth-order valence-corrected chi connectivity index (χ4v) is 5.19. The molecule has 0 aliphatic carbocycles. The van der Waals surface area contributed by atoms with Crippen LogP contribution in [0.2, 0.25) is 0 Å². The summed E-state index contributed by atoms with van der Waals surface area (Å²) < 4.78 is 25.2. The molecule has 0 bridgehead atoms. The maximum Gasteiger partial charge on any atom is 0.261 e. The molecule has 3 aromatic rings. The second-order valence-corrected chi connectivity index (χ2v) is 8.83. The maximum atomic E-state index is 12.7. The van der Waals surface area contributed by atoms with Crippen LogP contribution in [0.25, 0.3) is 11.0 Å². The van der Waals surface area contributed by atoms with Crippen molar-refractivity contribution < 1.29 is 13.2 Å². The number of sulfone groups is 1. The number of para-hydroxylation sites is 2. The van der Waals surface area contributed by atoms with Gasteiger partial charge in [-0.3, -0.25) is 14.8 Å². The van der Waals surface area contributed by atoms with Crippen molar-refractivity contribution in [3.8, 4) is 0 Å². The molecule has 2 N–H and O–H groups in total. The van der Waals surface area contributed by atoms with Gasteiger partial charge in [-0.05, 0) is 32.4 Å². The van der Waals surface area contributed by atoms with E-state index in [9.17, 15) is 13.2 Å². The van der Waals surface area contributed by atoms with Gasteiger partial charge in [-0.15, -0.1) is 0 Å². The summed E-state index contributed by atoms with van der Waals surface area (Å²) in [5, 5.41) is 7.20. The van der Waals surface area contributed by atoms with Crippen molar-refractivity contribution in [2.45, 2.75) is 26.3 Å². The van der Waals surface area contributed by atoms with E-state index >= 15 is 0 Å². The zero-order chi connectivity index (χ0) is 18.5. The summed E-state index contributed by atoms with van der Waals surface area (Å²) >= 11 is 0. The average Bonchev–Trinajstić information content (AvgIpc) is 3.22. The Hall–Kier alpha value is -2.68. The van der Waals surface area contributed by atoms with E-state index in [2.05, 4.69) is 20.4 Å².